The number of hydrogen-bond donors (Lipinski definition) is 2. The average molecular weight is 272 g/mol. The fourth-order valence-electron chi connectivity index (χ4n) is 1.95. The molecule has 0 aliphatic rings. The van der Waals surface area contributed by atoms with E-state index in [0.29, 0.717) is 29.3 Å². The van der Waals surface area contributed by atoms with Crippen LogP contribution in [0.3, 0.4) is 0 Å². The highest BCUT2D eigenvalue weighted by Crippen LogP contribution is 2.18. The fourth-order valence-corrected chi connectivity index (χ4v) is 1.95. The minimum Gasteiger partial charge on any atom is -0.383 e. The molecule has 0 fully saturated rings. The quantitative estimate of drug-likeness (QED) is 0.758. The molecule has 0 aliphatic heterocycles. The first-order valence-corrected chi connectivity index (χ1v) is 6.07. The van der Waals surface area contributed by atoms with Crippen molar-refractivity contribution in [1.82, 2.24) is 19.7 Å². The number of nitrogens with zero attached hydrogens (tertiary/aromatic N) is 4. The lowest BCUT2D eigenvalue weighted by Gasteiger charge is -2.06. The molecule has 3 N–H and O–H groups in total. The number of aryl methyl sites for hydroxylation is 1. The minimum atomic E-state index is -0.271. The van der Waals surface area contributed by atoms with Gasteiger partial charge in [-0.15, -0.1) is 0 Å². The van der Waals surface area contributed by atoms with Gasteiger partial charge in [0, 0.05) is 13.6 Å². The van der Waals surface area contributed by atoms with Gasteiger partial charge in [-0.3, -0.25) is 4.68 Å². The van der Waals surface area contributed by atoms with Crippen LogP contribution in [0.15, 0.2) is 30.5 Å². The molecule has 102 valence electrons. The Balaban J connectivity index is 1.86. The maximum Gasteiger partial charge on any atom is 0.226 e. The van der Waals surface area contributed by atoms with Crippen molar-refractivity contribution in [3.63, 3.8) is 0 Å². The Labute approximate surface area is 114 Å². The molecule has 20 heavy (non-hydrogen) atoms. The molecule has 6 nitrogen and oxygen atoms in total. The van der Waals surface area contributed by atoms with Crippen LogP contribution in [0.1, 0.15) is 5.56 Å². The SMILES string of the molecule is Cn1ncc2c(N)nc(NCc3cccc(F)c3)nc21. The van der Waals surface area contributed by atoms with Crippen LogP contribution in [0.4, 0.5) is 16.2 Å². The van der Waals surface area contributed by atoms with Gasteiger partial charge >= 0.3 is 0 Å². The molecule has 1 aromatic carbocycles. The lowest BCUT2D eigenvalue weighted by molar-refractivity contribution is 0.626. The van der Waals surface area contributed by atoms with Crippen molar-refractivity contribution in [2.75, 3.05) is 11.1 Å². The second-order valence-corrected chi connectivity index (χ2v) is 4.42. The van der Waals surface area contributed by atoms with E-state index >= 15 is 0 Å². The van der Waals surface area contributed by atoms with Crippen molar-refractivity contribution < 1.29 is 4.39 Å². The van der Waals surface area contributed by atoms with E-state index in [-0.39, 0.29) is 5.82 Å². The van der Waals surface area contributed by atoms with Crippen molar-refractivity contribution >= 4 is 22.8 Å². The molecular formula is C13H13FN6. The second-order valence-electron chi connectivity index (χ2n) is 4.42. The topological polar surface area (TPSA) is 81.7 Å². The van der Waals surface area contributed by atoms with E-state index in [0.717, 1.165) is 5.56 Å². The molecule has 0 spiro atoms. The number of anilines is 2. The average Bonchev–Trinajstić information content (AvgIpc) is 2.79. The van der Waals surface area contributed by atoms with Crippen molar-refractivity contribution in [2.24, 2.45) is 7.05 Å². The molecule has 0 bridgehead atoms. The summed E-state index contributed by atoms with van der Waals surface area (Å²) >= 11 is 0. The number of nitrogen functional groups attached to an aromatic ring is 1. The van der Waals surface area contributed by atoms with E-state index in [1.54, 1.807) is 24.0 Å². The standard InChI is InChI=1S/C13H13FN6/c1-20-12-10(7-17-20)11(15)18-13(19-12)16-6-8-3-2-4-9(14)5-8/h2-5,7H,6H2,1H3,(H3,15,16,18,19). The van der Waals surface area contributed by atoms with Gasteiger partial charge in [-0.05, 0) is 17.7 Å². The molecule has 0 saturated carbocycles. The molecule has 0 atom stereocenters. The molecule has 0 amide bonds. The van der Waals surface area contributed by atoms with Crippen LogP contribution in [0.25, 0.3) is 11.0 Å². The largest absolute Gasteiger partial charge is 0.383 e. The maximum atomic E-state index is 13.1. The molecule has 2 heterocycles. The summed E-state index contributed by atoms with van der Waals surface area (Å²) in [6.45, 7) is 0.417. The first-order chi connectivity index (χ1) is 9.63. The smallest absolute Gasteiger partial charge is 0.226 e. The summed E-state index contributed by atoms with van der Waals surface area (Å²) in [5, 5.41) is 7.82. The maximum absolute atomic E-state index is 13.1. The van der Waals surface area contributed by atoms with Gasteiger partial charge in [-0.25, -0.2) is 4.39 Å². The summed E-state index contributed by atoms with van der Waals surface area (Å²) in [6, 6.07) is 6.34. The zero-order valence-corrected chi connectivity index (χ0v) is 10.8. The number of aromatic nitrogens is 4. The Hall–Kier alpha value is -2.70. The Morgan fingerprint density at radius 1 is 1.35 bits per heavy atom. The van der Waals surface area contributed by atoms with Crippen molar-refractivity contribution in [1.29, 1.82) is 0 Å². The molecule has 3 aromatic rings. The summed E-state index contributed by atoms with van der Waals surface area (Å²) in [4.78, 5) is 8.50. The lowest BCUT2D eigenvalue weighted by atomic mass is 10.2. The van der Waals surface area contributed by atoms with Gasteiger partial charge in [0.25, 0.3) is 0 Å². The molecule has 3 rings (SSSR count). The van der Waals surface area contributed by atoms with Gasteiger partial charge < -0.3 is 11.1 Å². The zero-order valence-electron chi connectivity index (χ0n) is 10.8. The van der Waals surface area contributed by atoms with Gasteiger partial charge in [-0.2, -0.15) is 15.1 Å². The van der Waals surface area contributed by atoms with Crippen LogP contribution >= 0.6 is 0 Å². The summed E-state index contributed by atoms with van der Waals surface area (Å²) in [6.07, 6.45) is 1.63. The molecular weight excluding hydrogens is 259 g/mol. The summed E-state index contributed by atoms with van der Waals surface area (Å²) in [7, 11) is 1.78. The highest BCUT2D eigenvalue weighted by molar-refractivity contribution is 5.86. The lowest BCUT2D eigenvalue weighted by Crippen LogP contribution is -2.06. The Morgan fingerprint density at radius 3 is 3.00 bits per heavy atom. The molecule has 0 saturated heterocycles. The minimum absolute atomic E-state index is 0.271. The van der Waals surface area contributed by atoms with E-state index in [1.165, 1.54) is 12.1 Å². The second kappa shape index (κ2) is 4.76. The predicted octanol–water partition coefficient (Wildman–Crippen LogP) is 1.70. The van der Waals surface area contributed by atoms with Crippen LogP contribution < -0.4 is 11.1 Å². The third kappa shape index (κ3) is 2.25. The van der Waals surface area contributed by atoms with E-state index in [2.05, 4.69) is 20.4 Å². The summed E-state index contributed by atoms with van der Waals surface area (Å²) in [5.74, 6) is 0.486. The van der Waals surface area contributed by atoms with Gasteiger partial charge in [-0.1, -0.05) is 12.1 Å². The number of rotatable bonds is 3. The van der Waals surface area contributed by atoms with Gasteiger partial charge in [0.05, 0.1) is 11.6 Å². The van der Waals surface area contributed by atoms with Crippen molar-refractivity contribution in [2.45, 2.75) is 6.54 Å². The molecule has 0 unspecified atom stereocenters. The first kappa shape index (κ1) is 12.3. The fraction of sp³-hybridized carbons (Fsp3) is 0.154. The van der Waals surface area contributed by atoms with Crippen molar-refractivity contribution in [3.05, 3.63) is 41.8 Å². The van der Waals surface area contributed by atoms with Crippen molar-refractivity contribution in [3.8, 4) is 0 Å². The number of nitrogens with one attached hydrogen (secondary N) is 1. The third-order valence-electron chi connectivity index (χ3n) is 2.96. The predicted molar refractivity (Wildman–Crippen MR) is 74.4 cm³/mol. The molecule has 7 heteroatoms. The number of nitrogens with two attached hydrogens (primary N) is 1. The molecule has 2 aromatic heterocycles. The van der Waals surface area contributed by atoms with E-state index in [1.807, 2.05) is 6.07 Å². The van der Waals surface area contributed by atoms with E-state index in [9.17, 15) is 4.39 Å². The molecule has 0 aliphatic carbocycles. The number of benzene rings is 1. The van der Waals surface area contributed by atoms with Crippen LogP contribution in [0.5, 0.6) is 0 Å². The monoisotopic (exact) mass is 272 g/mol. The van der Waals surface area contributed by atoms with E-state index < -0.39 is 0 Å². The number of halogens is 1. The zero-order chi connectivity index (χ0) is 14.1. The molecule has 0 radical (unpaired) electrons. The van der Waals surface area contributed by atoms with Gasteiger partial charge in [0.1, 0.15) is 11.6 Å². The van der Waals surface area contributed by atoms with Crippen LogP contribution in [0.2, 0.25) is 0 Å². The first-order valence-electron chi connectivity index (χ1n) is 6.07. The number of fused-ring (bicyclic) bond motifs is 1. The summed E-state index contributed by atoms with van der Waals surface area (Å²) < 4.78 is 14.7. The van der Waals surface area contributed by atoms with E-state index in [4.69, 9.17) is 5.73 Å². The summed E-state index contributed by atoms with van der Waals surface area (Å²) in [5.41, 5.74) is 7.31. The van der Waals surface area contributed by atoms with Gasteiger partial charge in [0.2, 0.25) is 5.95 Å². The normalized spacial score (nSPS) is 10.9. The number of hydrogen-bond acceptors (Lipinski definition) is 5. The Kier molecular flexibility index (Phi) is 2.94. The highest BCUT2D eigenvalue weighted by atomic mass is 19.1. The van der Waals surface area contributed by atoms with Crippen LogP contribution in [-0.2, 0) is 13.6 Å². The van der Waals surface area contributed by atoms with Gasteiger partial charge in [0.15, 0.2) is 5.65 Å². The Morgan fingerprint density at radius 2 is 2.20 bits per heavy atom. The highest BCUT2D eigenvalue weighted by Gasteiger charge is 2.08. The van der Waals surface area contributed by atoms with Crippen LogP contribution in [0, 0.1) is 5.82 Å². The Bertz CT molecular complexity index is 767. The third-order valence-corrected chi connectivity index (χ3v) is 2.96. The van der Waals surface area contributed by atoms with Crippen LogP contribution in [-0.4, -0.2) is 19.7 Å².